The van der Waals surface area contributed by atoms with Crippen molar-refractivity contribution in [2.75, 3.05) is 6.54 Å². The van der Waals surface area contributed by atoms with E-state index in [0.717, 1.165) is 31.2 Å². The summed E-state index contributed by atoms with van der Waals surface area (Å²) in [4.78, 5) is 0. The van der Waals surface area contributed by atoms with Gasteiger partial charge in [0.25, 0.3) is 0 Å². The van der Waals surface area contributed by atoms with Crippen molar-refractivity contribution in [3.8, 4) is 5.75 Å². The molecule has 0 aromatic heterocycles. The average Bonchev–Trinajstić information content (AvgIpc) is 3.10. The number of nitrogens with one attached hydrogen (secondary N) is 1. The second kappa shape index (κ2) is 5.16. The molecule has 0 saturated heterocycles. The second-order valence-electron chi connectivity index (χ2n) is 6.71. The van der Waals surface area contributed by atoms with E-state index in [4.69, 9.17) is 4.74 Å². The van der Waals surface area contributed by atoms with E-state index < -0.39 is 0 Å². The molecular formula is C17H25NO. The molecule has 2 aliphatic rings. The summed E-state index contributed by atoms with van der Waals surface area (Å²) in [6, 6.07) is 6.54. The van der Waals surface area contributed by atoms with Crippen molar-refractivity contribution in [2.24, 2.45) is 5.92 Å². The number of hydrogen-bond acceptors (Lipinski definition) is 2. The van der Waals surface area contributed by atoms with E-state index in [2.05, 4.69) is 37.4 Å². The molecule has 2 nitrogen and oxygen atoms in total. The van der Waals surface area contributed by atoms with E-state index >= 15 is 0 Å². The Labute approximate surface area is 116 Å². The van der Waals surface area contributed by atoms with Crippen molar-refractivity contribution < 1.29 is 4.74 Å². The fourth-order valence-corrected chi connectivity index (χ4v) is 2.96. The highest BCUT2D eigenvalue weighted by Crippen LogP contribution is 2.37. The third-order valence-electron chi connectivity index (χ3n) is 4.15. The fraction of sp³-hybridized carbons (Fsp3) is 0.647. The van der Waals surface area contributed by atoms with E-state index in [1.54, 1.807) is 0 Å². The van der Waals surface area contributed by atoms with E-state index in [9.17, 15) is 0 Å². The molecule has 3 rings (SSSR count). The SMILES string of the molecule is CC1(C)Cc2cccc(CNCCCC3CC3)c2O1. The van der Waals surface area contributed by atoms with Gasteiger partial charge in [-0.1, -0.05) is 31.0 Å². The third kappa shape index (κ3) is 3.30. The summed E-state index contributed by atoms with van der Waals surface area (Å²) >= 11 is 0. The van der Waals surface area contributed by atoms with Gasteiger partial charge in [0.1, 0.15) is 11.4 Å². The normalized spacial score (nSPS) is 20.1. The molecule has 0 spiro atoms. The summed E-state index contributed by atoms with van der Waals surface area (Å²) in [5.41, 5.74) is 2.64. The van der Waals surface area contributed by atoms with Gasteiger partial charge in [-0.2, -0.15) is 0 Å². The number of rotatable bonds is 6. The zero-order valence-electron chi connectivity index (χ0n) is 12.2. The number of hydrogen-bond donors (Lipinski definition) is 1. The van der Waals surface area contributed by atoms with Gasteiger partial charge in [0.15, 0.2) is 0 Å². The van der Waals surface area contributed by atoms with E-state index in [1.807, 2.05) is 0 Å². The Hall–Kier alpha value is -1.02. The molecule has 0 unspecified atom stereocenters. The lowest BCUT2D eigenvalue weighted by Crippen LogP contribution is -2.25. The van der Waals surface area contributed by atoms with Crippen LogP contribution in [0.15, 0.2) is 18.2 Å². The zero-order valence-corrected chi connectivity index (χ0v) is 12.2. The molecule has 19 heavy (non-hydrogen) atoms. The highest BCUT2D eigenvalue weighted by Gasteiger charge is 2.31. The maximum Gasteiger partial charge on any atom is 0.127 e. The number of fused-ring (bicyclic) bond motifs is 1. The first-order chi connectivity index (χ1) is 9.14. The lowest BCUT2D eigenvalue weighted by molar-refractivity contribution is 0.137. The van der Waals surface area contributed by atoms with Crippen LogP contribution in [0.1, 0.15) is 50.7 Å². The second-order valence-corrected chi connectivity index (χ2v) is 6.71. The van der Waals surface area contributed by atoms with Crippen LogP contribution in [0.4, 0.5) is 0 Å². The Morgan fingerprint density at radius 2 is 2.16 bits per heavy atom. The molecule has 2 heteroatoms. The van der Waals surface area contributed by atoms with Crippen LogP contribution in [0.2, 0.25) is 0 Å². The highest BCUT2D eigenvalue weighted by atomic mass is 16.5. The molecule has 0 atom stereocenters. The smallest absolute Gasteiger partial charge is 0.127 e. The number of ether oxygens (including phenoxy) is 1. The Balaban J connectivity index is 1.52. The van der Waals surface area contributed by atoms with E-state index in [0.29, 0.717) is 0 Å². The molecule has 1 aromatic carbocycles. The summed E-state index contributed by atoms with van der Waals surface area (Å²) in [6.45, 7) is 6.40. The fourth-order valence-electron chi connectivity index (χ4n) is 2.96. The summed E-state index contributed by atoms with van der Waals surface area (Å²) < 4.78 is 6.09. The first kappa shape index (κ1) is 13.0. The van der Waals surface area contributed by atoms with Gasteiger partial charge in [-0.15, -0.1) is 0 Å². The summed E-state index contributed by atoms with van der Waals surface area (Å²) in [7, 11) is 0. The van der Waals surface area contributed by atoms with E-state index in [1.165, 1.54) is 36.8 Å². The van der Waals surface area contributed by atoms with Crippen LogP contribution < -0.4 is 10.1 Å². The molecule has 104 valence electrons. The molecule has 1 N–H and O–H groups in total. The topological polar surface area (TPSA) is 21.3 Å². The number of benzene rings is 1. The van der Waals surface area contributed by atoms with Crippen LogP contribution in [-0.2, 0) is 13.0 Å². The van der Waals surface area contributed by atoms with Crippen LogP contribution in [0.5, 0.6) is 5.75 Å². The molecule has 0 bridgehead atoms. The van der Waals surface area contributed by atoms with Gasteiger partial charge in [-0.05, 0) is 44.7 Å². The molecule has 1 aliphatic heterocycles. The quantitative estimate of drug-likeness (QED) is 0.787. The van der Waals surface area contributed by atoms with Crippen molar-refractivity contribution in [1.29, 1.82) is 0 Å². The van der Waals surface area contributed by atoms with Gasteiger partial charge < -0.3 is 10.1 Å². The van der Waals surface area contributed by atoms with Gasteiger partial charge in [0.05, 0.1) is 0 Å². The highest BCUT2D eigenvalue weighted by molar-refractivity contribution is 5.45. The van der Waals surface area contributed by atoms with Gasteiger partial charge in [-0.3, -0.25) is 0 Å². The molecule has 0 radical (unpaired) electrons. The van der Waals surface area contributed by atoms with Crippen molar-refractivity contribution >= 4 is 0 Å². The molecule has 1 saturated carbocycles. The largest absolute Gasteiger partial charge is 0.487 e. The van der Waals surface area contributed by atoms with Crippen molar-refractivity contribution in [3.05, 3.63) is 29.3 Å². The van der Waals surface area contributed by atoms with Crippen LogP contribution >= 0.6 is 0 Å². The Bertz CT molecular complexity index is 449. The van der Waals surface area contributed by atoms with Crippen LogP contribution in [0.25, 0.3) is 0 Å². The van der Waals surface area contributed by atoms with Crippen LogP contribution in [-0.4, -0.2) is 12.1 Å². The lowest BCUT2D eigenvalue weighted by atomic mass is 10.0. The Morgan fingerprint density at radius 3 is 2.95 bits per heavy atom. The molecule has 1 aromatic rings. The minimum Gasteiger partial charge on any atom is -0.487 e. The Kier molecular flexibility index (Phi) is 3.53. The predicted molar refractivity (Wildman–Crippen MR) is 78.5 cm³/mol. The van der Waals surface area contributed by atoms with Crippen LogP contribution in [0.3, 0.4) is 0 Å². The molecule has 1 fully saturated rings. The lowest BCUT2D eigenvalue weighted by Gasteiger charge is -2.18. The van der Waals surface area contributed by atoms with Gasteiger partial charge in [-0.25, -0.2) is 0 Å². The minimum absolute atomic E-state index is 0.0373. The van der Waals surface area contributed by atoms with Gasteiger partial charge in [0.2, 0.25) is 0 Å². The monoisotopic (exact) mass is 259 g/mol. The standard InChI is InChI=1S/C17H25NO/c1-17(2)11-14-6-3-7-15(16(14)19-17)12-18-10-4-5-13-8-9-13/h3,6-7,13,18H,4-5,8-12H2,1-2H3. The number of para-hydroxylation sites is 1. The first-order valence-corrected chi connectivity index (χ1v) is 7.64. The maximum absolute atomic E-state index is 6.09. The van der Waals surface area contributed by atoms with Crippen LogP contribution in [0, 0.1) is 5.92 Å². The molecule has 0 amide bonds. The maximum atomic E-state index is 6.09. The van der Waals surface area contributed by atoms with Crippen molar-refractivity contribution in [2.45, 2.75) is 58.1 Å². The first-order valence-electron chi connectivity index (χ1n) is 7.64. The average molecular weight is 259 g/mol. The molecule has 1 aliphatic carbocycles. The summed E-state index contributed by atoms with van der Waals surface area (Å²) in [5.74, 6) is 2.18. The third-order valence-corrected chi connectivity index (χ3v) is 4.15. The minimum atomic E-state index is -0.0373. The summed E-state index contributed by atoms with van der Waals surface area (Å²) in [6.07, 6.45) is 6.68. The predicted octanol–water partition coefficient (Wildman–Crippen LogP) is 3.68. The van der Waals surface area contributed by atoms with E-state index in [-0.39, 0.29) is 5.60 Å². The summed E-state index contributed by atoms with van der Waals surface area (Å²) in [5, 5.41) is 3.56. The zero-order chi connectivity index (χ0) is 13.3. The Morgan fingerprint density at radius 1 is 1.32 bits per heavy atom. The van der Waals surface area contributed by atoms with Gasteiger partial charge >= 0.3 is 0 Å². The molecular weight excluding hydrogens is 234 g/mol. The van der Waals surface area contributed by atoms with Crippen molar-refractivity contribution in [1.82, 2.24) is 5.32 Å². The van der Waals surface area contributed by atoms with Crippen molar-refractivity contribution in [3.63, 3.8) is 0 Å². The molecule has 1 heterocycles. The van der Waals surface area contributed by atoms with Gasteiger partial charge in [0, 0.05) is 18.5 Å².